The van der Waals surface area contributed by atoms with Crippen molar-refractivity contribution < 1.29 is 19.2 Å². The lowest BCUT2D eigenvalue weighted by atomic mass is 9.99. The molecule has 0 aromatic rings. The van der Waals surface area contributed by atoms with E-state index in [2.05, 4.69) is 16.0 Å². The monoisotopic (exact) mass is 396 g/mol. The van der Waals surface area contributed by atoms with Crippen LogP contribution in [0.1, 0.15) is 68.2 Å². The molecule has 1 heterocycles. The molecule has 8 nitrogen and oxygen atoms in total. The summed E-state index contributed by atoms with van der Waals surface area (Å²) >= 11 is 0. The molecule has 1 fully saturated rings. The Balaban J connectivity index is 2.90. The summed E-state index contributed by atoms with van der Waals surface area (Å²) in [6.45, 7) is 14.9. The molecule has 1 aliphatic rings. The number of hydrogen-bond acceptors (Lipinski definition) is 4. The number of nitrogens with one attached hydrogen (secondary N) is 3. The van der Waals surface area contributed by atoms with Crippen LogP contribution in [-0.2, 0) is 19.2 Å². The molecule has 0 radical (unpaired) electrons. The number of carbonyl (C=O) groups is 4. The van der Waals surface area contributed by atoms with Gasteiger partial charge in [0.1, 0.15) is 17.6 Å². The van der Waals surface area contributed by atoms with Gasteiger partial charge in [-0.3, -0.25) is 19.2 Å². The molecule has 0 aromatic carbocycles. The smallest absolute Gasteiger partial charge is 0.245 e. The van der Waals surface area contributed by atoms with Gasteiger partial charge in [0.05, 0.1) is 0 Å². The van der Waals surface area contributed by atoms with Crippen LogP contribution < -0.4 is 16.0 Å². The predicted octanol–water partition coefficient (Wildman–Crippen LogP) is 0.946. The van der Waals surface area contributed by atoms with E-state index in [1.165, 1.54) is 0 Å². The van der Waals surface area contributed by atoms with Crippen LogP contribution in [0.5, 0.6) is 0 Å². The third-order valence-electron chi connectivity index (χ3n) is 4.91. The van der Waals surface area contributed by atoms with Gasteiger partial charge < -0.3 is 20.9 Å². The molecule has 3 N–H and O–H groups in total. The maximum absolute atomic E-state index is 12.9. The Hall–Kier alpha value is -2.12. The summed E-state index contributed by atoms with van der Waals surface area (Å²) in [4.78, 5) is 50.7. The number of likely N-dealkylation sites (tertiary alicyclic amines) is 1. The number of carbonyl (C=O) groups excluding carboxylic acids is 4. The second-order valence-corrected chi connectivity index (χ2v) is 9.57. The van der Waals surface area contributed by atoms with E-state index in [0.717, 1.165) is 0 Å². The van der Waals surface area contributed by atoms with E-state index in [0.29, 0.717) is 19.3 Å². The van der Waals surface area contributed by atoms with Gasteiger partial charge in [-0.2, -0.15) is 0 Å². The lowest BCUT2D eigenvalue weighted by Crippen LogP contribution is -2.59. The lowest BCUT2D eigenvalue weighted by molar-refractivity contribution is -0.138. The van der Waals surface area contributed by atoms with Crippen molar-refractivity contribution in [1.82, 2.24) is 20.9 Å². The van der Waals surface area contributed by atoms with Gasteiger partial charge in [0.15, 0.2) is 0 Å². The highest BCUT2D eigenvalue weighted by Gasteiger charge is 2.43. The minimum atomic E-state index is -1.14. The quantitative estimate of drug-likeness (QED) is 0.531. The van der Waals surface area contributed by atoms with Crippen LogP contribution >= 0.6 is 0 Å². The molecule has 0 saturated carbocycles. The summed E-state index contributed by atoms with van der Waals surface area (Å²) in [5, 5.41) is 7.98. The van der Waals surface area contributed by atoms with Crippen molar-refractivity contribution in [1.29, 1.82) is 0 Å². The van der Waals surface area contributed by atoms with Gasteiger partial charge in [-0.05, 0) is 60.3 Å². The molecular formula is C20H36N4O4. The zero-order valence-corrected chi connectivity index (χ0v) is 18.4. The van der Waals surface area contributed by atoms with Crippen molar-refractivity contribution >= 4 is 24.1 Å². The Morgan fingerprint density at radius 3 is 2.21 bits per heavy atom. The standard InChI is InChI=1S/C20H36N4O4/c1-12(2)9-14(23-18(28)20(7,8)21-11-25)16(26)22-15-10-13(3)24(17(15)27)19(4,5)6/h11-15H,9-10H2,1-8H3,(H,21,25)(H,22,26)(H,23,28). The molecule has 1 saturated heterocycles. The molecule has 28 heavy (non-hydrogen) atoms. The van der Waals surface area contributed by atoms with Gasteiger partial charge in [-0.1, -0.05) is 13.8 Å². The topological polar surface area (TPSA) is 108 Å². The maximum atomic E-state index is 12.9. The summed E-state index contributed by atoms with van der Waals surface area (Å²) in [6, 6.07) is -1.37. The fourth-order valence-electron chi connectivity index (χ4n) is 3.57. The van der Waals surface area contributed by atoms with E-state index in [-0.39, 0.29) is 29.3 Å². The van der Waals surface area contributed by atoms with E-state index in [1.54, 1.807) is 18.7 Å². The Bertz CT molecular complexity index is 610. The molecule has 8 heteroatoms. The van der Waals surface area contributed by atoms with E-state index in [4.69, 9.17) is 0 Å². The van der Waals surface area contributed by atoms with Crippen LogP contribution in [0, 0.1) is 5.92 Å². The highest BCUT2D eigenvalue weighted by Crippen LogP contribution is 2.27. The third kappa shape index (κ3) is 5.94. The molecule has 160 valence electrons. The molecule has 0 aliphatic carbocycles. The van der Waals surface area contributed by atoms with Crippen LogP contribution in [0.2, 0.25) is 0 Å². The Morgan fingerprint density at radius 2 is 1.79 bits per heavy atom. The lowest BCUT2D eigenvalue weighted by Gasteiger charge is -2.35. The maximum Gasteiger partial charge on any atom is 0.245 e. The zero-order valence-electron chi connectivity index (χ0n) is 18.4. The second-order valence-electron chi connectivity index (χ2n) is 9.57. The van der Waals surface area contributed by atoms with E-state index >= 15 is 0 Å². The van der Waals surface area contributed by atoms with Crippen LogP contribution in [0.15, 0.2) is 0 Å². The number of nitrogens with zero attached hydrogens (tertiary/aromatic N) is 1. The molecule has 1 aliphatic heterocycles. The van der Waals surface area contributed by atoms with Crippen molar-refractivity contribution in [3.8, 4) is 0 Å². The van der Waals surface area contributed by atoms with Gasteiger partial charge in [0.2, 0.25) is 24.1 Å². The molecule has 0 spiro atoms. The van der Waals surface area contributed by atoms with Crippen LogP contribution in [0.4, 0.5) is 0 Å². The first-order valence-corrected chi connectivity index (χ1v) is 9.86. The molecule has 1 rings (SSSR count). The number of rotatable bonds is 8. The SMILES string of the molecule is CC(C)CC(NC(=O)C(C)(C)NC=O)C(=O)NC1CC(C)N(C(C)(C)C)C1=O. The predicted molar refractivity (Wildman–Crippen MR) is 107 cm³/mol. The normalized spacial score (nSPS) is 21.5. The Kier molecular flexibility index (Phi) is 7.62. The molecule has 0 aromatic heterocycles. The molecule has 0 bridgehead atoms. The first-order valence-electron chi connectivity index (χ1n) is 9.86. The number of amides is 4. The zero-order chi connectivity index (χ0) is 21.9. The van der Waals surface area contributed by atoms with E-state index < -0.39 is 23.5 Å². The van der Waals surface area contributed by atoms with Crippen molar-refractivity contribution in [2.24, 2.45) is 5.92 Å². The second kappa shape index (κ2) is 8.92. The van der Waals surface area contributed by atoms with Crippen molar-refractivity contribution in [2.75, 3.05) is 0 Å². The van der Waals surface area contributed by atoms with Gasteiger partial charge >= 0.3 is 0 Å². The summed E-state index contributed by atoms with van der Waals surface area (Å²) in [5.41, 5.74) is -1.47. The Morgan fingerprint density at radius 1 is 1.21 bits per heavy atom. The Labute approximate surface area is 168 Å². The van der Waals surface area contributed by atoms with Crippen molar-refractivity contribution in [3.05, 3.63) is 0 Å². The average Bonchev–Trinajstić information content (AvgIpc) is 2.79. The first-order chi connectivity index (χ1) is 12.7. The summed E-state index contributed by atoms with van der Waals surface area (Å²) in [5.74, 6) is -0.790. The highest BCUT2D eigenvalue weighted by molar-refractivity contribution is 5.95. The van der Waals surface area contributed by atoms with Crippen LogP contribution in [-0.4, -0.2) is 58.2 Å². The minimum Gasteiger partial charge on any atom is -0.345 e. The van der Waals surface area contributed by atoms with Gasteiger partial charge in [0, 0.05) is 11.6 Å². The summed E-state index contributed by atoms with van der Waals surface area (Å²) < 4.78 is 0. The highest BCUT2D eigenvalue weighted by atomic mass is 16.2. The number of hydrogen-bond donors (Lipinski definition) is 3. The average molecular weight is 397 g/mol. The minimum absolute atomic E-state index is 0.0201. The fraction of sp³-hybridized carbons (Fsp3) is 0.800. The van der Waals surface area contributed by atoms with Gasteiger partial charge in [0.25, 0.3) is 0 Å². The first kappa shape index (κ1) is 23.9. The fourth-order valence-corrected chi connectivity index (χ4v) is 3.57. The van der Waals surface area contributed by atoms with Crippen molar-refractivity contribution in [2.45, 2.75) is 97.4 Å². The molecule has 3 atom stereocenters. The molecular weight excluding hydrogens is 360 g/mol. The van der Waals surface area contributed by atoms with Gasteiger partial charge in [-0.15, -0.1) is 0 Å². The molecule has 4 amide bonds. The largest absolute Gasteiger partial charge is 0.345 e. The summed E-state index contributed by atoms with van der Waals surface area (Å²) in [6.07, 6.45) is 1.41. The van der Waals surface area contributed by atoms with E-state index in [1.807, 2.05) is 41.5 Å². The van der Waals surface area contributed by atoms with E-state index in [9.17, 15) is 19.2 Å². The van der Waals surface area contributed by atoms with Crippen LogP contribution in [0.3, 0.4) is 0 Å². The van der Waals surface area contributed by atoms with Gasteiger partial charge in [-0.25, -0.2) is 0 Å². The third-order valence-corrected chi connectivity index (χ3v) is 4.91. The molecule has 3 unspecified atom stereocenters. The van der Waals surface area contributed by atoms with Crippen molar-refractivity contribution in [3.63, 3.8) is 0 Å². The van der Waals surface area contributed by atoms with Crippen LogP contribution in [0.25, 0.3) is 0 Å². The summed E-state index contributed by atoms with van der Waals surface area (Å²) in [7, 11) is 0.